The summed E-state index contributed by atoms with van der Waals surface area (Å²) >= 11 is 0. The molecule has 0 aliphatic heterocycles. The molecule has 0 N–H and O–H groups in total. The number of allylic oxidation sites excluding steroid dienone is 2. The van der Waals surface area contributed by atoms with Crippen LogP contribution in [0.2, 0.25) is 0 Å². The maximum absolute atomic E-state index is 7.00. The molecule has 1 unspecified atom stereocenters. The highest BCUT2D eigenvalue weighted by molar-refractivity contribution is 5.28. The Balaban J connectivity index is 2.67. The van der Waals surface area contributed by atoms with Crippen molar-refractivity contribution in [2.24, 2.45) is 0 Å². The topological polar surface area (TPSA) is 22.8 Å². The van der Waals surface area contributed by atoms with Crippen molar-refractivity contribution in [1.29, 1.82) is 0 Å². The Bertz CT molecular complexity index is 290. The van der Waals surface area contributed by atoms with Crippen molar-refractivity contribution in [3.05, 3.63) is 52.7 Å². The molecule has 0 radical (unpaired) electrons. The third-order valence-electron chi connectivity index (χ3n) is 1.76. The molecule has 0 spiro atoms. The van der Waals surface area contributed by atoms with Crippen LogP contribution in [-0.4, -0.2) is 12.1 Å². The number of hydrogen-bond donors (Lipinski definition) is 0. The van der Waals surface area contributed by atoms with Crippen LogP contribution < -0.4 is 0 Å². The van der Waals surface area contributed by atoms with Gasteiger partial charge in [-0.1, -0.05) is 18.2 Å². The second kappa shape index (κ2) is 3.59. The molecule has 3 nitrogen and oxygen atoms in total. The Labute approximate surface area is 72.0 Å². The molecule has 1 aliphatic rings. The van der Waals surface area contributed by atoms with Crippen molar-refractivity contribution >= 4 is 0 Å². The van der Waals surface area contributed by atoms with Crippen LogP contribution in [0.3, 0.4) is 0 Å². The van der Waals surface area contributed by atoms with Gasteiger partial charge in [0.1, 0.15) is 0 Å². The highest BCUT2D eigenvalue weighted by Crippen LogP contribution is 2.24. The van der Waals surface area contributed by atoms with Crippen molar-refractivity contribution in [2.45, 2.75) is 12.0 Å². The lowest BCUT2D eigenvalue weighted by molar-refractivity contribution is 0.664. The zero-order valence-electron chi connectivity index (χ0n) is 6.57. The minimum absolute atomic E-state index is 0.279. The minimum atomic E-state index is -0.584. The van der Waals surface area contributed by atoms with Crippen molar-refractivity contribution in [2.75, 3.05) is 6.54 Å². The number of hydrogen-bond acceptors (Lipinski definition) is 0. The molecule has 0 aromatic rings. The highest BCUT2D eigenvalue weighted by Gasteiger charge is 2.29. The first-order valence-corrected chi connectivity index (χ1v) is 3.59. The molecular formula is C9H8N3-. The maximum Gasteiger partial charge on any atom is 0.243 e. The Morgan fingerprint density at radius 1 is 1.42 bits per heavy atom. The van der Waals surface area contributed by atoms with E-state index < -0.39 is 5.54 Å². The molecule has 0 saturated carbocycles. The summed E-state index contributed by atoms with van der Waals surface area (Å²) in [7, 11) is 0. The van der Waals surface area contributed by atoms with E-state index in [0.717, 1.165) is 0 Å². The van der Waals surface area contributed by atoms with Gasteiger partial charge < -0.3 is 15.2 Å². The molecule has 1 rings (SSSR count). The van der Waals surface area contributed by atoms with Gasteiger partial charge in [0.05, 0.1) is 0 Å². The lowest BCUT2D eigenvalue weighted by Crippen LogP contribution is -2.26. The van der Waals surface area contributed by atoms with Crippen LogP contribution in [-0.2, 0) is 0 Å². The summed E-state index contributed by atoms with van der Waals surface area (Å²) in [4.78, 5) is 6.39. The predicted octanol–water partition coefficient (Wildman–Crippen LogP) is 2.37. The molecule has 0 bridgehead atoms. The lowest BCUT2D eigenvalue weighted by atomic mass is 9.92. The minimum Gasteiger partial charge on any atom is -0.347 e. The molecule has 0 fully saturated rings. The van der Waals surface area contributed by atoms with Crippen LogP contribution in [0.25, 0.3) is 15.2 Å². The van der Waals surface area contributed by atoms with Crippen molar-refractivity contribution in [3.63, 3.8) is 0 Å². The Morgan fingerprint density at radius 3 is 2.75 bits per heavy atom. The van der Waals surface area contributed by atoms with Crippen LogP contribution in [0.4, 0.5) is 0 Å². The van der Waals surface area contributed by atoms with Gasteiger partial charge in [0.25, 0.3) is 0 Å². The molecule has 3 heteroatoms. The molecule has 0 heterocycles. The van der Waals surface area contributed by atoms with E-state index in [0.29, 0.717) is 6.42 Å². The summed E-state index contributed by atoms with van der Waals surface area (Å²) in [6, 6.07) is 0. The van der Waals surface area contributed by atoms with Crippen LogP contribution >= 0.6 is 0 Å². The summed E-state index contributed by atoms with van der Waals surface area (Å²) in [5.74, 6) is 0. The second-order valence-corrected chi connectivity index (χ2v) is 2.61. The Hall–Kier alpha value is -1.74. The fourth-order valence-electron chi connectivity index (χ4n) is 1.05. The van der Waals surface area contributed by atoms with Crippen LogP contribution in [0, 0.1) is 13.1 Å². The molecule has 12 heavy (non-hydrogen) atoms. The smallest absolute Gasteiger partial charge is 0.243 e. The predicted molar refractivity (Wildman–Crippen MR) is 47.1 cm³/mol. The normalized spacial score (nSPS) is 25.8. The van der Waals surface area contributed by atoms with E-state index in [1.165, 1.54) is 0 Å². The zero-order chi connectivity index (χ0) is 8.86. The largest absolute Gasteiger partial charge is 0.347 e. The van der Waals surface area contributed by atoms with Crippen molar-refractivity contribution < 1.29 is 0 Å². The van der Waals surface area contributed by atoms with Crippen molar-refractivity contribution in [3.8, 4) is 0 Å². The van der Waals surface area contributed by atoms with Gasteiger partial charge in [-0.25, -0.2) is 13.1 Å². The monoisotopic (exact) mass is 158 g/mol. The number of rotatable bonds is 2. The zero-order valence-corrected chi connectivity index (χ0v) is 6.57. The molecule has 1 aliphatic carbocycles. The van der Waals surface area contributed by atoms with Gasteiger partial charge in [0, 0.05) is 13.0 Å². The van der Waals surface area contributed by atoms with Crippen molar-refractivity contribution in [1.82, 2.24) is 0 Å². The van der Waals surface area contributed by atoms with Gasteiger partial charge in [-0.15, -0.1) is 0 Å². The van der Waals surface area contributed by atoms with E-state index in [9.17, 15) is 0 Å². The highest BCUT2D eigenvalue weighted by atomic mass is 15.3. The van der Waals surface area contributed by atoms with Crippen LogP contribution in [0.15, 0.2) is 24.3 Å². The third-order valence-corrected chi connectivity index (χ3v) is 1.76. The summed E-state index contributed by atoms with van der Waals surface area (Å²) in [6.45, 7) is 13.8. The van der Waals surface area contributed by atoms with E-state index in [-0.39, 0.29) is 6.54 Å². The van der Waals surface area contributed by atoms with Gasteiger partial charge in [-0.05, 0) is 6.08 Å². The average molecular weight is 158 g/mol. The molecule has 0 saturated heterocycles. The van der Waals surface area contributed by atoms with Gasteiger partial charge in [-0.2, -0.15) is 0 Å². The molecule has 0 amide bonds. The third kappa shape index (κ3) is 1.65. The van der Waals surface area contributed by atoms with E-state index in [4.69, 9.17) is 13.1 Å². The molecule has 1 atom stereocenters. The van der Waals surface area contributed by atoms with Gasteiger partial charge in [-0.3, -0.25) is 0 Å². The first-order valence-electron chi connectivity index (χ1n) is 3.59. The quantitative estimate of drug-likeness (QED) is 0.435. The maximum atomic E-state index is 7.00. The molecule has 60 valence electrons. The molecule has 0 aromatic heterocycles. The first kappa shape index (κ1) is 8.36. The van der Waals surface area contributed by atoms with Gasteiger partial charge in [0.15, 0.2) is 0 Å². The van der Waals surface area contributed by atoms with E-state index >= 15 is 0 Å². The van der Waals surface area contributed by atoms with Gasteiger partial charge in [0.2, 0.25) is 5.54 Å². The molecule has 0 aromatic carbocycles. The fourth-order valence-corrected chi connectivity index (χ4v) is 1.05. The van der Waals surface area contributed by atoms with E-state index in [2.05, 4.69) is 15.2 Å². The van der Waals surface area contributed by atoms with Gasteiger partial charge >= 0.3 is 0 Å². The standard InChI is InChI=1S/C9H8N3/c1-10-9(8-12-11-2)6-4-3-5-7-9/h3-6H,7-8H2/q-1. The van der Waals surface area contributed by atoms with E-state index in [1.807, 2.05) is 24.3 Å². The second-order valence-electron chi connectivity index (χ2n) is 2.61. The number of nitrogens with zero attached hydrogens (tertiary/aromatic N) is 3. The summed E-state index contributed by atoms with van der Waals surface area (Å²) in [5, 5.41) is 0. The fraction of sp³-hybridized carbons (Fsp3) is 0.333. The Morgan fingerprint density at radius 2 is 2.25 bits per heavy atom. The average Bonchev–Trinajstić information content (AvgIpc) is 2.16. The first-order chi connectivity index (χ1) is 5.83. The summed E-state index contributed by atoms with van der Waals surface area (Å²) in [5.41, 5.74) is 2.95. The Kier molecular flexibility index (Phi) is 2.50. The summed E-state index contributed by atoms with van der Waals surface area (Å²) in [6.07, 6.45) is 8.14. The lowest BCUT2D eigenvalue weighted by Gasteiger charge is -2.20. The van der Waals surface area contributed by atoms with E-state index in [1.54, 1.807) is 0 Å². The molecular weight excluding hydrogens is 150 g/mol. The van der Waals surface area contributed by atoms with Crippen LogP contribution in [0.5, 0.6) is 0 Å². The van der Waals surface area contributed by atoms with Crippen LogP contribution in [0.1, 0.15) is 6.42 Å². The SMILES string of the molecule is [C-]#[N+][N-]CC1([N+]#[C-])C=CC=CC1. The summed E-state index contributed by atoms with van der Waals surface area (Å²) < 4.78 is 0.